The van der Waals surface area contributed by atoms with E-state index in [-0.39, 0.29) is 23.6 Å². The van der Waals surface area contributed by atoms with Crippen LogP contribution in [0, 0.1) is 0 Å². The number of hydrogen-bond donors (Lipinski definition) is 3. The van der Waals surface area contributed by atoms with Crippen LogP contribution in [0.1, 0.15) is 38.2 Å². The van der Waals surface area contributed by atoms with Gasteiger partial charge in [0.1, 0.15) is 17.6 Å². The SMILES string of the molecule is CCNc1cccc(C(=O)NC(C)C(=O)NC(C)C)n1. The van der Waals surface area contributed by atoms with Gasteiger partial charge in [0.2, 0.25) is 5.91 Å². The maximum atomic E-state index is 12.0. The number of carbonyl (C=O) groups excluding carboxylic acids is 2. The molecule has 0 saturated heterocycles. The van der Waals surface area contributed by atoms with Gasteiger partial charge in [0.15, 0.2) is 0 Å². The Kier molecular flexibility index (Phi) is 5.96. The average Bonchev–Trinajstić information content (AvgIpc) is 2.38. The number of anilines is 1. The summed E-state index contributed by atoms with van der Waals surface area (Å²) in [6, 6.07) is 4.59. The van der Waals surface area contributed by atoms with E-state index in [1.807, 2.05) is 20.8 Å². The van der Waals surface area contributed by atoms with Crippen molar-refractivity contribution in [3.63, 3.8) is 0 Å². The number of nitrogens with one attached hydrogen (secondary N) is 3. The van der Waals surface area contributed by atoms with Gasteiger partial charge in [0.05, 0.1) is 0 Å². The summed E-state index contributed by atoms with van der Waals surface area (Å²) in [5, 5.41) is 8.41. The lowest BCUT2D eigenvalue weighted by Crippen LogP contribution is -2.46. The lowest BCUT2D eigenvalue weighted by atomic mass is 10.2. The van der Waals surface area contributed by atoms with Crippen LogP contribution >= 0.6 is 0 Å². The van der Waals surface area contributed by atoms with Crippen LogP contribution in [-0.2, 0) is 4.79 Å². The standard InChI is InChI=1S/C14H22N4O2/c1-5-15-12-8-6-7-11(18-12)14(20)17-10(4)13(19)16-9(2)3/h6-10H,5H2,1-4H3,(H,15,18)(H,16,19)(H,17,20). The summed E-state index contributed by atoms with van der Waals surface area (Å²) in [7, 11) is 0. The number of amides is 2. The number of rotatable bonds is 6. The molecule has 0 radical (unpaired) electrons. The Morgan fingerprint density at radius 3 is 2.50 bits per heavy atom. The summed E-state index contributed by atoms with van der Waals surface area (Å²) in [5.74, 6) is 0.0618. The van der Waals surface area contributed by atoms with Crippen LogP contribution in [0.4, 0.5) is 5.82 Å². The van der Waals surface area contributed by atoms with Crippen LogP contribution in [0.3, 0.4) is 0 Å². The predicted molar refractivity (Wildman–Crippen MR) is 78.6 cm³/mol. The highest BCUT2D eigenvalue weighted by Gasteiger charge is 2.17. The van der Waals surface area contributed by atoms with Crippen LogP contribution in [0.5, 0.6) is 0 Å². The van der Waals surface area contributed by atoms with E-state index in [1.54, 1.807) is 25.1 Å². The number of nitrogens with zero attached hydrogens (tertiary/aromatic N) is 1. The number of aromatic nitrogens is 1. The highest BCUT2D eigenvalue weighted by atomic mass is 16.2. The van der Waals surface area contributed by atoms with Gasteiger partial charge >= 0.3 is 0 Å². The molecule has 0 aromatic carbocycles. The van der Waals surface area contributed by atoms with Crippen molar-refractivity contribution in [2.45, 2.75) is 39.8 Å². The van der Waals surface area contributed by atoms with Crippen LogP contribution in [0.2, 0.25) is 0 Å². The molecule has 1 unspecified atom stereocenters. The minimum absolute atomic E-state index is 0.0389. The van der Waals surface area contributed by atoms with Crippen molar-refractivity contribution in [3.05, 3.63) is 23.9 Å². The number of carbonyl (C=O) groups is 2. The first-order chi connectivity index (χ1) is 9.43. The molecule has 1 aromatic heterocycles. The number of hydrogen-bond acceptors (Lipinski definition) is 4. The van der Waals surface area contributed by atoms with Crippen molar-refractivity contribution in [3.8, 4) is 0 Å². The van der Waals surface area contributed by atoms with E-state index in [2.05, 4.69) is 20.9 Å². The second-order valence-corrected chi connectivity index (χ2v) is 4.80. The molecule has 6 nitrogen and oxygen atoms in total. The fraction of sp³-hybridized carbons (Fsp3) is 0.500. The molecule has 1 aromatic rings. The molecule has 0 saturated carbocycles. The zero-order valence-electron chi connectivity index (χ0n) is 12.4. The topological polar surface area (TPSA) is 83.1 Å². The molecule has 20 heavy (non-hydrogen) atoms. The Labute approximate surface area is 119 Å². The van der Waals surface area contributed by atoms with Gasteiger partial charge in [-0.25, -0.2) is 4.98 Å². The molecule has 1 rings (SSSR count). The Bertz CT molecular complexity index is 474. The summed E-state index contributed by atoms with van der Waals surface area (Å²) >= 11 is 0. The van der Waals surface area contributed by atoms with Gasteiger partial charge in [-0.3, -0.25) is 9.59 Å². The largest absolute Gasteiger partial charge is 0.370 e. The molecule has 6 heteroatoms. The normalized spacial score (nSPS) is 11.8. The molecule has 1 heterocycles. The Morgan fingerprint density at radius 1 is 1.20 bits per heavy atom. The molecule has 1 atom stereocenters. The molecular weight excluding hydrogens is 256 g/mol. The predicted octanol–water partition coefficient (Wildman–Crippen LogP) is 1.16. The van der Waals surface area contributed by atoms with E-state index in [0.717, 1.165) is 6.54 Å². The molecule has 2 amide bonds. The van der Waals surface area contributed by atoms with E-state index in [9.17, 15) is 9.59 Å². The fourth-order valence-corrected chi connectivity index (χ4v) is 1.59. The summed E-state index contributed by atoms with van der Waals surface area (Å²) in [6.45, 7) is 8.06. The molecule has 0 bridgehead atoms. The summed E-state index contributed by atoms with van der Waals surface area (Å²) < 4.78 is 0. The van der Waals surface area contributed by atoms with Gasteiger partial charge in [-0.15, -0.1) is 0 Å². The summed E-state index contributed by atoms with van der Waals surface area (Å²) in [5.41, 5.74) is 0.285. The van der Waals surface area contributed by atoms with E-state index >= 15 is 0 Å². The summed E-state index contributed by atoms with van der Waals surface area (Å²) in [6.07, 6.45) is 0. The van der Waals surface area contributed by atoms with Crippen LogP contribution in [0.25, 0.3) is 0 Å². The molecule has 0 aliphatic heterocycles. The van der Waals surface area contributed by atoms with Crippen molar-refractivity contribution in [1.29, 1.82) is 0 Å². The smallest absolute Gasteiger partial charge is 0.270 e. The van der Waals surface area contributed by atoms with E-state index in [4.69, 9.17) is 0 Å². The zero-order valence-corrected chi connectivity index (χ0v) is 12.4. The lowest BCUT2D eigenvalue weighted by molar-refractivity contribution is -0.123. The third-order valence-electron chi connectivity index (χ3n) is 2.51. The second-order valence-electron chi connectivity index (χ2n) is 4.80. The average molecular weight is 278 g/mol. The first-order valence-electron chi connectivity index (χ1n) is 6.76. The minimum Gasteiger partial charge on any atom is -0.370 e. The van der Waals surface area contributed by atoms with Crippen molar-refractivity contribution >= 4 is 17.6 Å². The van der Waals surface area contributed by atoms with Crippen LogP contribution < -0.4 is 16.0 Å². The quantitative estimate of drug-likeness (QED) is 0.729. The molecule has 0 aliphatic carbocycles. The Hall–Kier alpha value is -2.11. The first-order valence-corrected chi connectivity index (χ1v) is 6.76. The first kappa shape index (κ1) is 15.9. The van der Waals surface area contributed by atoms with E-state index in [1.165, 1.54) is 0 Å². The fourth-order valence-electron chi connectivity index (χ4n) is 1.59. The van der Waals surface area contributed by atoms with Crippen LogP contribution in [0.15, 0.2) is 18.2 Å². The highest BCUT2D eigenvalue weighted by molar-refractivity contribution is 5.96. The molecule has 0 fully saturated rings. The molecule has 110 valence electrons. The van der Waals surface area contributed by atoms with Crippen molar-refractivity contribution in [1.82, 2.24) is 15.6 Å². The lowest BCUT2D eigenvalue weighted by Gasteiger charge is -2.16. The maximum Gasteiger partial charge on any atom is 0.270 e. The molecule has 0 spiro atoms. The second kappa shape index (κ2) is 7.47. The molecular formula is C14H22N4O2. The maximum absolute atomic E-state index is 12.0. The van der Waals surface area contributed by atoms with Crippen molar-refractivity contribution in [2.75, 3.05) is 11.9 Å². The van der Waals surface area contributed by atoms with Crippen molar-refractivity contribution in [2.24, 2.45) is 0 Å². The van der Waals surface area contributed by atoms with Gasteiger partial charge in [-0.1, -0.05) is 6.07 Å². The van der Waals surface area contributed by atoms with E-state index < -0.39 is 6.04 Å². The van der Waals surface area contributed by atoms with Gasteiger partial charge in [0, 0.05) is 12.6 Å². The Balaban J connectivity index is 2.66. The summed E-state index contributed by atoms with van der Waals surface area (Å²) in [4.78, 5) is 27.9. The van der Waals surface area contributed by atoms with Gasteiger partial charge < -0.3 is 16.0 Å². The monoisotopic (exact) mass is 278 g/mol. The van der Waals surface area contributed by atoms with Gasteiger partial charge in [0.25, 0.3) is 5.91 Å². The molecule has 3 N–H and O–H groups in total. The third kappa shape index (κ3) is 4.87. The highest BCUT2D eigenvalue weighted by Crippen LogP contribution is 2.04. The van der Waals surface area contributed by atoms with E-state index in [0.29, 0.717) is 5.82 Å². The minimum atomic E-state index is -0.602. The Morgan fingerprint density at radius 2 is 1.90 bits per heavy atom. The molecule has 0 aliphatic rings. The third-order valence-corrected chi connectivity index (χ3v) is 2.51. The number of pyridine rings is 1. The zero-order chi connectivity index (χ0) is 15.1. The van der Waals surface area contributed by atoms with Gasteiger partial charge in [-0.2, -0.15) is 0 Å². The van der Waals surface area contributed by atoms with Gasteiger partial charge in [-0.05, 0) is 39.8 Å². The van der Waals surface area contributed by atoms with Crippen LogP contribution in [-0.4, -0.2) is 35.4 Å². The van der Waals surface area contributed by atoms with Crippen molar-refractivity contribution < 1.29 is 9.59 Å².